The summed E-state index contributed by atoms with van der Waals surface area (Å²) >= 11 is 0. The number of rotatable bonds is 5. The van der Waals surface area contributed by atoms with E-state index in [0.29, 0.717) is 16.8 Å². The van der Waals surface area contributed by atoms with Crippen molar-refractivity contribution in [2.24, 2.45) is 0 Å². The fourth-order valence-electron chi connectivity index (χ4n) is 4.16. The smallest absolute Gasteiger partial charge is 0.387 e. The molecule has 198 valence electrons. The van der Waals surface area contributed by atoms with Crippen LogP contribution in [0.2, 0.25) is 0 Å². The second-order valence-electron chi connectivity index (χ2n) is 8.57. The fourth-order valence-corrected chi connectivity index (χ4v) is 4.16. The lowest BCUT2D eigenvalue weighted by Crippen LogP contribution is -2.18. The molecule has 3 aromatic heterocycles. The van der Waals surface area contributed by atoms with E-state index in [4.69, 9.17) is 0 Å². The maximum Gasteiger partial charge on any atom is 0.417 e. The number of carbonyl (C=O) groups is 1. The van der Waals surface area contributed by atoms with Crippen molar-refractivity contribution < 1.29 is 31.9 Å². The molecule has 0 fully saturated rings. The summed E-state index contributed by atoms with van der Waals surface area (Å²) in [5.41, 5.74) is -1.15. The number of benzene rings is 2. The Morgan fingerprint density at radius 2 is 1.69 bits per heavy atom. The lowest BCUT2D eigenvalue weighted by molar-refractivity contribution is -0.137. The van der Waals surface area contributed by atoms with Gasteiger partial charge < -0.3 is 10.4 Å². The number of aromatic nitrogens is 4. The van der Waals surface area contributed by atoms with E-state index in [9.17, 15) is 27.5 Å². The molecular weight excluding hydrogens is 521 g/mol. The molecular formula is C27H18F5N5O2. The van der Waals surface area contributed by atoms with Gasteiger partial charge in [0.25, 0.3) is 5.91 Å². The molecule has 0 radical (unpaired) electrons. The first kappa shape index (κ1) is 25.9. The van der Waals surface area contributed by atoms with E-state index in [2.05, 4.69) is 20.3 Å². The van der Waals surface area contributed by atoms with Crippen molar-refractivity contribution in [3.05, 3.63) is 102 Å². The molecule has 39 heavy (non-hydrogen) atoms. The molecule has 1 atom stereocenters. The van der Waals surface area contributed by atoms with Crippen molar-refractivity contribution in [2.75, 3.05) is 5.32 Å². The van der Waals surface area contributed by atoms with Gasteiger partial charge in [-0.25, -0.2) is 23.7 Å². The molecule has 5 rings (SSSR count). The normalized spacial score (nSPS) is 12.5. The second kappa shape index (κ2) is 9.87. The van der Waals surface area contributed by atoms with Crippen LogP contribution >= 0.6 is 0 Å². The van der Waals surface area contributed by atoms with Crippen molar-refractivity contribution in [1.82, 2.24) is 19.4 Å². The number of aliphatic hydroxyl groups is 1. The molecule has 2 N–H and O–H groups in total. The van der Waals surface area contributed by atoms with E-state index in [1.807, 2.05) is 0 Å². The van der Waals surface area contributed by atoms with E-state index >= 15 is 4.39 Å². The lowest BCUT2D eigenvalue weighted by Gasteiger charge is -2.16. The topological polar surface area (TPSA) is 92.4 Å². The zero-order chi connectivity index (χ0) is 27.9. The lowest BCUT2D eigenvalue weighted by atomic mass is 10.0. The summed E-state index contributed by atoms with van der Waals surface area (Å²) in [7, 11) is 0. The zero-order valence-corrected chi connectivity index (χ0v) is 20.0. The van der Waals surface area contributed by atoms with Gasteiger partial charge in [0, 0.05) is 29.7 Å². The van der Waals surface area contributed by atoms with Crippen LogP contribution < -0.4 is 5.32 Å². The van der Waals surface area contributed by atoms with Gasteiger partial charge in [0.15, 0.2) is 11.5 Å². The molecule has 0 bridgehead atoms. The molecule has 7 nitrogen and oxygen atoms in total. The number of hydrogen-bond acceptors (Lipinski definition) is 5. The van der Waals surface area contributed by atoms with Crippen LogP contribution in [0.5, 0.6) is 0 Å². The SMILES string of the molecule is CC(O)c1cnc2c(NC(=O)c3cc(-c4ncccn4)c(C(F)(F)F)cc3F)c(-c3ccc(F)cc3)ccn12. The average molecular weight is 539 g/mol. The number of hydrogen-bond donors (Lipinski definition) is 2. The molecule has 1 amide bonds. The molecule has 0 saturated carbocycles. The number of aliphatic hydroxyl groups excluding tert-OH is 1. The molecule has 0 aliphatic rings. The van der Waals surface area contributed by atoms with E-state index in [1.54, 1.807) is 12.3 Å². The van der Waals surface area contributed by atoms with Crippen LogP contribution in [0.4, 0.5) is 27.6 Å². The van der Waals surface area contributed by atoms with Gasteiger partial charge in [-0.15, -0.1) is 0 Å². The van der Waals surface area contributed by atoms with Gasteiger partial charge >= 0.3 is 6.18 Å². The predicted octanol–water partition coefficient (Wildman–Crippen LogP) is 6.06. The minimum Gasteiger partial charge on any atom is -0.387 e. The minimum atomic E-state index is -4.95. The first-order chi connectivity index (χ1) is 18.5. The van der Waals surface area contributed by atoms with Crippen LogP contribution in [-0.4, -0.2) is 30.4 Å². The van der Waals surface area contributed by atoms with Gasteiger partial charge in [0.2, 0.25) is 0 Å². The highest BCUT2D eigenvalue weighted by Crippen LogP contribution is 2.38. The summed E-state index contributed by atoms with van der Waals surface area (Å²) in [5, 5.41) is 12.7. The molecule has 1 unspecified atom stereocenters. The number of nitrogens with one attached hydrogen (secondary N) is 1. The maximum absolute atomic E-state index is 15.0. The fraction of sp³-hybridized carbons (Fsp3) is 0.111. The summed E-state index contributed by atoms with van der Waals surface area (Å²) < 4.78 is 71.3. The van der Waals surface area contributed by atoms with Crippen molar-refractivity contribution in [1.29, 1.82) is 0 Å². The van der Waals surface area contributed by atoms with Crippen LogP contribution in [0.15, 0.2) is 73.3 Å². The van der Waals surface area contributed by atoms with E-state index in [1.165, 1.54) is 60.2 Å². The Labute approximate surface area is 217 Å². The Kier molecular flexibility index (Phi) is 6.56. The third-order valence-electron chi connectivity index (χ3n) is 5.99. The van der Waals surface area contributed by atoms with Crippen molar-refractivity contribution in [3.63, 3.8) is 0 Å². The van der Waals surface area contributed by atoms with Crippen LogP contribution in [0.1, 0.15) is 34.6 Å². The zero-order valence-electron chi connectivity index (χ0n) is 20.0. The Morgan fingerprint density at radius 3 is 2.33 bits per heavy atom. The monoisotopic (exact) mass is 539 g/mol. The van der Waals surface area contributed by atoms with Crippen molar-refractivity contribution >= 4 is 17.2 Å². The second-order valence-corrected chi connectivity index (χ2v) is 8.57. The Morgan fingerprint density at radius 1 is 1.00 bits per heavy atom. The van der Waals surface area contributed by atoms with Gasteiger partial charge in [-0.1, -0.05) is 12.1 Å². The highest BCUT2D eigenvalue weighted by molar-refractivity contribution is 6.09. The average Bonchev–Trinajstić information content (AvgIpc) is 3.34. The quantitative estimate of drug-likeness (QED) is 0.265. The highest BCUT2D eigenvalue weighted by Gasteiger charge is 2.36. The number of carbonyl (C=O) groups excluding carboxylic acids is 1. The summed E-state index contributed by atoms with van der Waals surface area (Å²) in [6, 6.07) is 9.28. The Bertz CT molecular complexity index is 1680. The molecule has 3 heterocycles. The number of pyridine rings is 1. The minimum absolute atomic E-state index is 0.0674. The molecule has 5 aromatic rings. The third-order valence-corrected chi connectivity index (χ3v) is 5.99. The van der Waals surface area contributed by atoms with E-state index in [-0.39, 0.29) is 23.2 Å². The standard InChI is InChI=1S/C27H18F5N5O2/c1-14(38)22-13-35-25-23(17(7-10-37(22)25)15-3-5-16(28)6-4-15)36-26(39)19-11-18(24-33-8-2-9-34-24)20(12-21(19)29)27(30,31)32/h2-14,38H,1H3,(H,36,39). The van der Waals surface area contributed by atoms with Gasteiger partial charge in [-0.3, -0.25) is 9.20 Å². The number of anilines is 1. The van der Waals surface area contributed by atoms with Gasteiger partial charge in [-0.05, 0) is 48.9 Å². The number of imidazole rings is 1. The number of amides is 1. The number of alkyl halides is 3. The Hall–Kier alpha value is -4.71. The summed E-state index contributed by atoms with van der Waals surface area (Å²) in [6.07, 6.45) is -0.464. The van der Waals surface area contributed by atoms with Crippen LogP contribution in [-0.2, 0) is 6.18 Å². The maximum atomic E-state index is 15.0. The third kappa shape index (κ3) is 4.93. The highest BCUT2D eigenvalue weighted by atomic mass is 19.4. The first-order valence-corrected chi connectivity index (χ1v) is 11.5. The van der Waals surface area contributed by atoms with Crippen LogP contribution in [0, 0.1) is 11.6 Å². The number of fused-ring (bicyclic) bond motifs is 1. The molecule has 0 aliphatic carbocycles. The molecule has 0 aliphatic heterocycles. The molecule has 0 spiro atoms. The van der Waals surface area contributed by atoms with E-state index < -0.39 is 46.5 Å². The molecule has 2 aromatic carbocycles. The summed E-state index contributed by atoms with van der Waals surface area (Å²) in [5.74, 6) is -3.33. The summed E-state index contributed by atoms with van der Waals surface area (Å²) in [6.45, 7) is 1.51. The predicted molar refractivity (Wildman–Crippen MR) is 132 cm³/mol. The first-order valence-electron chi connectivity index (χ1n) is 11.5. The largest absolute Gasteiger partial charge is 0.417 e. The number of nitrogens with zero attached hydrogens (tertiary/aromatic N) is 4. The van der Waals surface area contributed by atoms with Gasteiger partial charge in [0.1, 0.15) is 11.6 Å². The van der Waals surface area contributed by atoms with Crippen LogP contribution in [0.3, 0.4) is 0 Å². The Balaban J connectivity index is 1.66. The molecule has 0 saturated heterocycles. The van der Waals surface area contributed by atoms with Crippen molar-refractivity contribution in [2.45, 2.75) is 19.2 Å². The van der Waals surface area contributed by atoms with Gasteiger partial charge in [-0.2, -0.15) is 13.2 Å². The van der Waals surface area contributed by atoms with Crippen LogP contribution in [0.25, 0.3) is 28.2 Å². The van der Waals surface area contributed by atoms with E-state index in [0.717, 1.165) is 6.07 Å². The van der Waals surface area contributed by atoms with Gasteiger partial charge in [0.05, 0.1) is 34.8 Å². The number of halogens is 5. The summed E-state index contributed by atoms with van der Waals surface area (Å²) in [4.78, 5) is 25.3. The van der Waals surface area contributed by atoms with Crippen molar-refractivity contribution in [3.8, 4) is 22.5 Å². The molecule has 12 heteroatoms.